The molecule has 136 valence electrons. The van der Waals surface area contributed by atoms with E-state index in [0.717, 1.165) is 11.3 Å². The summed E-state index contributed by atoms with van der Waals surface area (Å²) < 4.78 is 5.20. The number of aryl methyl sites for hydroxylation is 1. The maximum Gasteiger partial charge on any atom is 0.319 e. The van der Waals surface area contributed by atoms with E-state index in [1.807, 2.05) is 31.2 Å². The molecule has 1 aliphatic heterocycles. The van der Waals surface area contributed by atoms with Gasteiger partial charge in [0.05, 0.1) is 13.2 Å². The Hall–Kier alpha value is -2.73. The van der Waals surface area contributed by atoms with E-state index in [-0.39, 0.29) is 24.4 Å². The minimum atomic E-state index is -0.366. The van der Waals surface area contributed by atoms with Gasteiger partial charge in [0.25, 0.3) is 0 Å². The molecule has 26 heavy (non-hydrogen) atoms. The van der Waals surface area contributed by atoms with Crippen molar-refractivity contribution in [2.24, 2.45) is 0 Å². The minimum Gasteiger partial charge on any atom is -0.497 e. The highest BCUT2D eigenvalue weighted by Crippen LogP contribution is 2.25. The Kier molecular flexibility index (Phi) is 5.32. The Bertz CT molecular complexity index is 841. The molecule has 3 amide bonds. The molecule has 2 aromatic carbocycles. The number of anilines is 2. The highest BCUT2D eigenvalue weighted by Gasteiger charge is 2.31. The van der Waals surface area contributed by atoms with Gasteiger partial charge in [0.2, 0.25) is 5.91 Å². The molecule has 0 unspecified atom stereocenters. The first kappa shape index (κ1) is 18.1. The summed E-state index contributed by atoms with van der Waals surface area (Å²) in [5.74, 6) is 0.641. The van der Waals surface area contributed by atoms with Crippen molar-refractivity contribution in [2.45, 2.75) is 19.4 Å². The molecule has 0 bridgehead atoms. The standard InChI is InChI=1S/C19H20ClN3O3/c1-12-6-7-13(8-17(12)20)21-19(25)22-14-9-18(24)23(11-14)15-4-3-5-16(10-15)26-2/h3-8,10,14H,9,11H2,1-2H3,(H2,21,22,25)/t14-/m0/s1. The van der Waals surface area contributed by atoms with Gasteiger partial charge in [0.15, 0.2) is 0 Å². The van der Waals surface area contributed by atoms with E-state index < -0.39 is 0 Å². The minimum absolute atomic E-state index is 0.0399. The molecule has 0 aromatic heterocycles. The largest absolute Gasteiger partial charge is 0.497 e. The van der Waals surface area contributed by atoms with E-state index in [0.29, 0.717) is 23.0 Å². The molecule has 1 aliphatic rings. The monoisotopic (exact) mass is 373 g/mol. The average molecular weight is 374 g/mol. The summed E-state index contributed by atoms with van der Waals surface area (Å²) in [5, 5.41) is 6.16. The highest BCUT2D eigenvalue weighted by molar-refractivity contribution is 6.31. The van der Waals surface area contributed by atoms with Gasteiger partial charge >= 0.3 is 6.03 Å². The van der Waals surface area contributed by atoms with Gasteiger partial charge in [-0.05, 0) is 36.8 Å². The fourth-order valence-electron chi connectivity index (χ4n) is 2.86. The van der Waals surface area contributed by atoms with Crippen LogP contribution < -0.4 is 20.3 Å². The van der Waals surface area contributed by atoms with Crippen LogP contribution in [-0.2, 0) is 4.79 Å². The van der Waals surface area contributed by atoms with Crippen LogP contribution in [0, 0.1) is 6.92 Å². The first-order chi connectivity index (χ1) is 12.5. The molecule has 1 fully saturated rings. The van der Waals surface area contributed by atoms with Crippen LogP contribution in [0.2, 0.25) is 5.02 Å². The third-order valence-corrected chi connectivity index (χ3v) is 4.66. The molecule has 3 rings (SSSR count). The summed E-state index contributed by atoms with van der Waals surface area (Å²) >= 11 is 6.07. The first-order valence-corrected chi connectivity index (χ1v) is 8.62. The Morgan fingerprint density at radius 3 is 2.81 bits per heavy atom. The Labute approximate surface area is 157 Å². The summed E-state index contributed by atoms with van der Waals surface area (Å²) in [6.07, 6.45) is 0.249. The van der Waals surface area contributed by atoms with Gasteiger partial charge < -0.3 is 20.3 Å². The van der Waals surface area contributed by atoms with Crippen LogP contribution >= 0.6 is 11.6 Å². The predicted molar refractivity (Wildman–Crippen MR) is 102 cm³/mol. The molecular weight excluding hydrogens is 354 g/mol. The van der Waals surface area contributed by atoms with E-state index in [4.69, 9.17) is 16.3 Å². The Balaban J connectivity index is 1.61. The molecule has 1 atom stereocenters. The lowest BCUT2D eigenvalue weighted by atomic mass is 10.2. The van der Waals surface area contributed by atoms with Crippen LogP contribution in [0.3, 0.4) is 0 Å². The van der Waals surface area contributed by atoms with Gasteiger partial charge in [-0.15, -0.1) is 0 Å². The number of benzene rings is 2. The van der Waals surface area contributed by atoms with Crippen molar-refractivity contribution >= 4 is 34.9 Å². The lowest BCUT2D eigenvalue weighted by Crippen LogP contribution is -2.39. The van der Waals surface area contributed by atoms with Crippen molar-refractivity contribution < 1.29 is 14.3 Å². The molecule has 0 saturated carbocycles. The van der Waals surface area contributed by atoms with Crippen LogP contribution in [0.25, 0.3) is 0 Å². The van der Waals surface area contributed by atoms with Gasteiger partial charge in [-0.1, -0.05) is 23.7 Å². The molecule has 2 aromatic rings. The highest BCUT2D eigenvalue weighted by atomic mass is 35.5. The van der Waals surface area contributed by atoms with Gasteiger partial charge in [-0.3, -0.25) is 4.79 Å². The molecule has 7 heteroatoms. The number of nitrogens with zero attached hydrogens (tertiary/aromatic N) is 1. The molecule has 0 radical (unpaired) electrons. The van der Waals surface area contributed by atoms with Crippen LogP contribution in [-0.4, -0.2) is 31.6 Å². The summed E-state index contributed by atoms with van der Waals surface area (Å²) in [6.45, 7) is 2.30. The smallest absolute Gasteiger partial charge is 0.319 e. The van der Waals surface area contributed by atoms with E-state index >= 15 is 0 Å². The number of nitrogens with one attached hydrogen (secondary N) is 2. The molecule has 0 spiro atoms. The second kappa shape index (κ2) is 7.66. The first-order valence-electron chi connectivity index (χ1n) is 8.24. The van der Waals surface area contributed by atoms with E-state index in [1.165, 1.54) is 0 Å². The zero-order chi connectivity index (χ0) is 18.7. The van der Waals surface area contributed by atoms with E-state index in [2.05, 4.69) is 10.6 Å². The van der Waals surface area contributed by atoms with E-state index in [9.17, 15) is 9.59 Å². The molecule has 1 heterocycles. The number of amides is 3. The number of rotatable bonds is 4. The van der Waals surface area contributed by atoms with Gasteiger partial charge in [0, 0.05) is 35.4 Å². The maximum atomic E-state index is 12.3. The third kappa shape index (κ3) is 4.08. The van der Waals surface area contributed by atoms with Crippen molar-refractivity contribution in [3.8, 4) is 5.75 Å². The second-order valence-electron chi connectivity index (χ2n) is 6.17. The summed E-state index contributed by atoms with van der Waals surface area (Å²) in [5.41, 5.74) is 2.30. The zero-order valence-electron chi connectivity index (χ0n) is 14.6. The van der Waals surface area contributed by atoms with Gasteiger partial charge in [0.1, 0.15) is 5.75 Å². The summed E-state index contributed by atoms with van der Waals surface area (Å²) in [6, 6.07) is 12.0. The number of methoxy groups -OCH3 is 1. The van der Waals surface area contributed by atoms with Crippen LogP contribution in [0.5, 0.6) is 5.75 Å². The van der Waals surface area contributed by atoms with Gasteiger partial charge in [-0.2, -0.15) is 0 Å². The van der Waals surface area contributed by atoms with Crippen molar-refractivity contribution in [3.05, 3.63) is 53.1 Å². The Morgan fingerprint density at radius 2 is 2.08 bits per heavy atom. The molecule has 1 saturated heterocycles. The van der Waals surface area contributed by atoms with E-state index in [1.54, 1.807) is 30.2 Å². The topological polar surface area (TPSA) is 70.7 Å². The van der Waals surface area contributed by atoms with Crippen molar-refractivity contribution in [1.29, 1.82) is 0 Å². The summed E-state index contributed by atoms with van der Waals surface area (Å²) in [4.78, 5) is 26.2. The molecule has 0 aliphatic carbocycles. The number of ether oxygens (including phenoxy) is 1. The maximum absolute atomic E-state index is 12.3. The quantitative estimate of drug-likeness (QED) is 0.860. The lowest BCUT2D eigenvalue weighted by molar-refractivity contribution is -0.117. The number of carbonyl (C=O) groups excluding carboxylic acids is 2. The number of carbonyl (C=O) groups is 2. The SMILES string of the molecule is COc1cccc(N2C[C@@H](NC(=O)Nc3ccc(C)c(Cl)c3)CC2=O)c1. The Morgan fingerprint density at radius 1 is 1.27 bits per heavy atom. The number of halogens is 1. The van der Waals surface area contributed by atoms with Crippen molar-refractivity contribution in [2.75, 3.05) is 23.9 Å². The normalized spacial score (nSPS) is 16.5. The third-order valence-electron chi connectivity index (χ3n) is 4.25. The van der Waals surface area contributed by atoms with Crippen molar-refractivity contribution in [1.82, 2.24) is 5.32 Å². The van der Waals surface area contributed by atoms with Crippen LogP contribution in [0.1, 0.15) is 12.0 Å². The fourth-order valence-corrected chi connectivity index (χ4v) is 3.04. The molecule has 2 N–H and O–H groups in total. The molecule has 6 nitrogen and oxygen atoms in total. The summed E-state index contributed by atoms with van der Waals surface area (Å²) in [7, 11) is 1.58. The molecular formula is C19H20ClN3O3. The lowest BCUT2D eigenvalue weighted by Gasteiger charge is -2.18. The second-order valence-corrected chi connectivity index (χ2v) is 6.58. The fraction of sp³-hybridized carbons (Fsp3) is 0.263. The van der Waals surface area contributed by atoms with Crippen LogP contribution in [0.15, 0.2) is 42.5 Å². The van der Waals surface area contributed by atoms with Crippen LogP contribution in [0.4, 0.5) is 16.2 Å². The zero-order valence-corrected chi connectivity index (χ0v) is 15.3. The van der Waals surface area contributed by atoms with Crippen molar-refractivity contribution in [3.63, 3.8) is 0 Å². The predicted octanol–water partition coefficient (Wildman–Crippen LogP) is 3.58. The number of urea groups is 1. The number of hydrogen-bond acceptors (Lipinski definition) is 3. The average Bonchev–Trinajstić information content (AvgIpc) is 2.98. The number of hydrogen-bond donors (Lipinski definition) is 2. The van der Waals surface area contributed by atoms with Gasteiger partial charge in [-0.25, -0.2) is 4.79 Å².